The van der Waals surface area contributed by atoms with E-state index >= 15 is 0 Å². The molecule has 2 aromatic rings. The van der Waals surface area contributed by atoms with Gasteiger partial charge in [-0.25, -0.2) is 4.57 Å². The highest BCUT2D eigenvalue weighted by molar-refractivity contribution is 5.51. The van der Waals surface area contributed by atoms with Crippen molar-refractivity contribution in [3.05, 3.63) is 48.2 Å². The quantitative estimate of drug-likeness (QED) is 0.610. The zero-order valence-corrected chi connectivity index (χ0v) is 13.8. The molecule has 1 heterocycles. The minimum Gasteiger partial charge on any atom is -0.378 e. The van der Waals surface area contributed by atoms with E-state index in [2.05, 4.69) is 15.1 Å². The van der Waals surface area contributed by atoms with Crippen LogP contribution in [0.1, 0.15) is 19.4 Å². The number of aryl methyl sites for hydroxylation is 2. The van der Waals surface area contributed by atoms with Gasteiger partial charge in [0.15, 0.2) is 0 Å². The third-order valence-electron chi connectivity index (χ3n) is 2.97. The normalized spacial score (nSPS) is 10.2. The highest BCUT2D eigenvalue weighted by Gasteiger charge is 2.09. The summed E-state index contributed by atoms with van der Waals surface area (Å²) >= 11 is 0. The van der Waals surface area contributed by atoms with Gasteiger partial charge in [0.25, 0.3) is 0 Å². The molecule has 2 rings (SSSR count). The van der Waals surface area contributed by atoms with Crippen LogP contribution in [0, 0.1) is 6.92 Å². The van der Waals surface area contributed by atoms with Gasteiger partial charge in [0.05, 0.1) is 18.4 Å². The van der Waals surface area contributed by atoms with Crippen LogP contribution in [-0.4, -0.2) is 14.1 Å². The lowest BCUT2D eigenvalue weighted by Gasteiger charge is -2.11. The number of anilines is 1. The predicted molar refractivity (Wildman–Crippen MR) is 88.6 cm³/mol. The largest absolute Gasteiger partial charge is 0.378 e. The number of nitrogens with zero attached hydrogens (tertiary/aromatic N) is 4. The Bertz CT molecular complexity index is 566. The van der Waals surface area contributed by atoms with Crippen molar-refractivity contribution < 1.29 is 4.57 Å². The van der Waals surface area contributed by atoms with Crippen LogP contribution >= 0.6 is 0 Å². The first kappa shape index (κ1) is 16.8. The lowest BCUT2D eigenvalue weighted by molar-refractivity contribution is -0.658. The number of benzene rings is 1. The maximum Gasteiger partial charge on any atom is 0.353 e. The number of hydrogen-bond donors (Lipinski definition) is 0. The lowest BCUT2D eigenvalue weighted by Crippen LogP contribution is -2.27. The molecule has 4 nitrogen and oxygen atoms in total. The van der Waals surface area contributed by atoms with Crippen molar-refractivity contribution in [1.29, 1.82) is 0 Å². The molecule has 0 bridgehead atoms. The van der Waals surface area contributed by atoms with Gasteiger partial charge in [-0.15, -0.1) is 0 Å². The molecule has 0 amide bonds. The molecule has 0 fully saturated rings. The molecular weight excluding hydrogens is 260 g/mol. The molecule has 0 saturated carbocycles. The zero-order chi connectivity index (χ0) is 15.8. The SMILES string of the molecule is CC.Cc1ccc[n+](C)c1N=Nc1ccc(N(C)C)cc1. The summed E-state index contributed by atoms with van der Waals surface area (Å²) in [6, 6.07) is 12.0. The molecule has 0 radical (unpaired) electrons. The smallest absolute Gasteiger partial charge is 0.353 e. The molecule has 0 aliphatic heterocycles. The van der Waals surface area contributed by atoms with Crippen LogP contribution in [0.15, 0.2) is 52.8 Å². The van der Waals surface area contributed by atoms with Gasteiger partial charge < -0.3 is 4.90 Å². The molecule has 0 aliphatic carbocycles. The molecule has 0 saturated heterocycles. The van der Waals surface area contributed by atoms with Crippen molar-refractivity contribution >= 4 is 17.2 Å². The Kier molecular flexibility index (Phi) is 6.53. The summed E-state index contributed by atoms with van der Waals surface area (Å²) in [6.07, 6.45) is 1.97. The third-order valence-corrected chi connectivity index (χ3v) is 2.97. The Hall–Kier alpha value is -2.23. The second-order valence-corrected chi connectivity index (χ2v) is 4.74. The van der Waals surface area contributed by atoms with E-state index < -0.39 is 0 Å². The summed E-state index contributed by atoms with van der Waals surface area (Å²) in [5.74, 6) is 0.874. The summed E-state index contributed by atoms with van der Waals surface area (Å²) in [5.41, 5.74) is 3.12. The second kappa shape index (κ2) is 8.15. The Morgan fingerprint density at radius 2 is 1.57 bits per heavy atom. The summed E-state index contributed by atoms with van der Waals surface area (Å²) in [4.78, 5) is 2.06. The van der Waals surface area contributed by atoms with E-state index in [1.807, 2.05) is 89.1 Å². The minimum absolute atomic E-state index is 0.855. The fourth-order valence-corrected chi connectivity index (χ4v) is 1.81. The minimum atomic E-state index is 0.855. The topological polar surface area (TPSA) is 31.8 Å². The summed E-state index contributed by atoms with van der Waals surface area (Å²) in [6.45, 7) is 6.03. The highest BCUT2D eigenvalue weighted by atomic mass is 15.2. The maximum atomic E-state index is 4.32. The molecule has 0 aliphatic rings. The number of rotatable bonds is 3. The molecule has 0 N–H and O–H groups in total. The van der Waals surface area contributed by atoms with Gasteiger partial charge in [-0.1, -0.05) is 13.8 Å². The van der Waals surface area contributed by atoms with Crippen LogP contribution in [0.5, 0.6) is 0 Å². The molecular formula is C17H25N4+. The molecule has 1 aromatic carbocycles. The fourth-order valence-electron chi connectivity index (χ4n) is 1.81. The Morgan fingerprint density at radius 1 is 0.952 bits per heavy atom. The van der Waals surface area contributed by atoms with Gasteiger partial charge in [0.1, 0.15) is 5.69 Å². The van der Waals surface area contributed by atoms with Crippen LogP contribution in [0.2, 0.25) is 0 Å². The number of aromatic nitrogens is 1. The lowest BCUT2D eigenvalue weighted by atomic mass is 10.3. The zero-order valence-electron chi connectivity index (χ0n) is 13.8. The predicted octanol–water partition coefficient (Wildman–Crippen LogP) is 4.33. The Balaban J connectivity index is 0.00000106. The van der Waals surface area contributed by atoms with Crippen molar-refractivity contribution in [3.63, 3.8) is 0 Å². The average molecular weight is 285 g/mol. The highest BCUT2D eigenvalue weighted by Crippen LogP contribution is 2.21. The van der Waals surface area contributed by atoms with E-state index in [1.165, 1.54) is 0 Å². The van der Waals surface area contributed by atoms with E-state index in [4.69, 9.17) is 0 Å². The van der Waals surface area contributed by atoms with Gasteiger partial charge in [-0.2, -0.15) is 0 Å². The molecule has 4 heteroatoms. The van der Waals surface area contributed by atoms with Crippen LogP contribution < -0.4 is 9.47 Å². The Morgan fingerprint density at radius 3 is 2.10 bits per heavy atom. The van der Waals surface area contributed by atoms with E-state index in [-0.39, 0.29) is 0 Å². The summed E-state index contributed by atoms with van der Waals surface area (Å²) in [5, 5.41) is 8.61. The first-order chi connectivity index (χ1) is 10.1. The van der Waals surface area contributed by atoms with Crippen LogP contribution in [0.3, 0.4) is 0 Å². The third kappa shape index (κ3) is 4.67. The summed E-state index contributed by atoms with van der Waals surface area (Å²) < 4.78 is 1.97. The van der Waals surface area contributed by atoms with Crippen LogP contribution in [-0.2, 0) is 7.05 Å². The molecule has 112 valence electrons. The van der Waals surface area contributed by atoms with Crippen molar-refractivity contribution in [3.8, 4) is 0 Å². The molecule has 0 spiro atoms. The maximum absolute atomic E-state index is 4.32. The first-order valence-corrected chi connectivity index (χ1v) is 7.22. The van der Waals surface area contributed by atoms with Gasteiger partial charge in [0.2, 0.25) is 0 Å². The molecule has 1 aromatic heterocycles. The van der Waals surface area contributed by atoms with Crippen molar-refractivity contribution in [1.82, 2.24) is 0 Å². The summed E-state index contributed by atoms with van der Waals surface area (Å²) in [7, 11) is 6.00. The molecule has 0 unspecified atom stereocenters. The monoisotopic (exact) mass is 285 g/mol. The van der Waals surface area contributed by atoms with Crippen molar-refractivity contribution in [2.75, 3.05) is 19.0 Å². The van der Waals surface area contributed by atoms with Crippen molar-refractivity contribution in [2.45, 2.75) is 20.8 Å². The van der Waals surface area contributed by atoms with E-state index in [0.29, 0.717) is 0 Å². The van der Waals surface area contributed by atoms with E-state index in [1.54, 1.807) is 0 Å². The molecule has 0 atom stereocenters. The van der Waals surface area contributed by atoms with E-state index in [0.717, 1.165) is 22.8 Å². The average Bonchev–Trinajstić information content (AvgIpc) is 2.49. The van der Waals surface area contributed by atoms with Gasteiger partial charge in [0, 0.05) is 25.3 Å². The standard InChI is InChI=1S/C15H19N4.C2H6/c1-12-6-5-11-19(4)15(12)17-16-13-7-9-14(10-8-13)18(2)3;1-2/h5-11H,1-4H3;1-2H3/q+1;. The number of hydrogen-bond acceptors (Lipinski definition) is 3. The first-order valence-electron chi connectivity index (χ1n) is 7.22. The van der Waals surface area contributed by atoms with Gasteiger partial charge in [-0.05, 0) is 48.4 Å². The van der Waals surface area contributed by atoms with Gasteiger partial charge in [-0.3, -0.25) is 0 Å². The fraction of sp³-hybridized carbons (Fsp3) is 0.353. The number of pyridine rings is 1. The Labute approximate surface area is 127 Å². The van der Waals surface area contributed by atoms with E-state index in [9.17, 15) is 0 Å². The van der Waals surface area contributed by atoms with Crippen LogP contribution in [0.25, 0.3) is 0 Å². The number of azo groups is 1. The molecule has 21 heavy (non-hydrogen) atoms. The van der Waals surface area contributed by atoms with Gasteiger partial charge >= 0.3 is 5.82 Å². The van der Waals surface area contributed by atoms with Crippen LogP contribution in [0.4, 0.5) is 17.2 Å². The van der Waals surface area contributed by atoms with Crippen molar-refractivity contribution in [2.24, 2.45) is 17.3 Å². The second-order valence-electron chi connectivity index (χ2n) is 4.74.